The summed E-state index contributed by atoms with van der Waals surface area (Å²) in [5.41, 5.74) is 1.99. The van der Waals surface area contributed by atoms with Crippen molar-refractivity contribution >= 4 is 35.0 Å². The second-order valence-electron chi connectivity index (χ2n) is 8.63. The van der Waals surface area contributed by atoms with Gasteiger partial charge in [-0.1, -0.05) is 41.1 Å². The van der Waals surface area contributed by atoms with Crippen LogP contribution >= 0.6 is 22.9 Å². The van der Waals surface area contributed by atoms with Crippen molar-refractivity contribution in [2.45, 2.75) is 19.9 Å². The number of ether oxygens (including phenoxy) is 3. The first kappa shape index (κ1) is 24.3. The van der Waals surface area contributed by atoms with E-state index in [9.17, 15) is 9.59 Å². The van der Waals surface area contributed by atoms with Crippen LogP contribution in [0.1, 0.15) is 31.2 Å². The molecule has 6 rings (SSSR count). The number of aromatic nitrogens is 1. The molecule has 10 heteroatoms. The van der Waals surface area contributed by atoms with Gasteiger partial charge in [-0.3, -0.25) is 9.36 Å². The Morgan fingerprint density at radius 2 is 2.03 bits per heavy atom. The minimum Gasteiger partial charge on any atom is -0.463 e. The number of thiazole rings is 1. The Kier molecular flexibility index (Phi) is 6.17. The van der Waals surface area contributed by atoms with Crippen molar-refractivity contribution in [1.82, 2.24) is 4.57 Å². The fourth-order valence-corrected chi connectivity index (χ4v) is 5.76. The maximum Gasteiger partial charge on any atom is 0.338 e. The molecular weight excluding hydrogens is 528 g/mol. The van der Waals surface area contributed by atoms with E-state index >= 15 is 0 Å². The predicted molar refractivity (Wildman–Crippen MR) is 142 cm³/mol. The fraction of sp³-hybridized carbons (Fsp3) is 0.179. The number of hydrogen-bond acceptors (Lipinski definition) is 8. The van der Waals surface area contributed by atoms with Crippen molar-refractivity contribution in [2.24, 2.45) is 4.99 Å². The highest BCUT2D eigenvalue weighted by molar-refractivity contribution is 7.07. The molecule has 2 aliphatic heterocycles. The van der Waals surface area contributed by atoms with E-state index in [4.69, 9.17) is 30.2 Å². The lowest BCUT2D eigenvalue weighted by atomic mass is 9.95. The number of benzene rings is 2. The van der Waals surface area contributed by atoms with Crippen LogP contribution in [0.25, 0.3) is 17.4 Å². The average molecular weight is 549 g/mol. The highest BCUT2D eigenvalue weighted by Gasteiger charge is 2.34. The molecule has 0 aliphatic carbocycles. The van der Waals surface area contributed by atoms with Crippen molar-refractivity contribution in [3.8, 4) is 22.8 Å². The van der Waals surface area contributed by atoms with Crippen LogP contribution in [-0.2, 0) is 9.53 Å². The lowest BCUT2D eigenvalue weighted by Gasteiger charge is -2.24. The number of halogens is 1. The number of fused-ring (bicyclic) bond motifs is 2. The molecule has 0 unspecified atom stereocenters. The summed E-state index contributed by atoms with van der Waals surface area (Å²) in [4.78, 5) is 31.9. The van der Waals surface area contributed by atoms with E-state index in [0.29, 0.717) is 54.2 Å². The molecule has 0 radical (unpaired) electrons. The second-order valence-corrected chi connectivity index (χ2v) is 10.1. The number of carbonyl (C=O) groups excluding carboxylic acids is 1. The van der Waals surface area contributed by atoms with Gasteiger partial charge in [-0.05, 0) is 55.8 Å². The molecule has 38 heavy (non-hydrogen) atoms. The summed E-state index contributed by atoms with van der Waals surface area (Å²) in [5.74, 6) is 1.76. The zero-order chi connectivity index (χ0) is 26.4. The summed E-state index contributed by atoms with van der Waals surface area (Å²) in [6, 6.07) is 15.6. The van der Waals surface area contributed by atoms with E-state index in [1.165, 1.54) is 15.9 Å². The smallest absolute Gasteiger partial charge is 0.338 e. The van der Waals surface area contributed by atoms with Crippen LogP contribution in [0.4, 0.5) is 0 Å². The van der Waals surface area contributed by atoms with Crippen molar-refractivity contribution < 1.29 is 23.4 Å². The minimum atomic E-state index is -0.749. The Balaban J connectivity index is 1.48. The molecule has 2 aliphatic rings. The van der Waals surface area contributed by atoms with Crippen LogP contribution in [0, 0.1) is 0 Å². The van der Waals surface area contributed by atoms with Gasteiger partial charge in [0.15, 0.2) is 16.3 Å². The van der Waals surface area contributed by atoms with Crippen molar-refractivity contribution in [3.05, 3.63) is 102 Å². The maximum absolute atomic E-state index is 13.8. The first-order valence-corrected chi connectivity index (χ1v) is 13.1. The van der Waals surface area contributed by atoms with E-state index in [1.54, 1.807) is 44.2 Å². The van der Waals surface area contributed by atoms with Crippen LogP contribution < -0.4 is 24.4 Å². The molecule has 1 atom stereocenters. The molecule has 0 fully saturated rings. The predicted octanol–water partition coefficient (Wildman–Crippen LogP) is 4.44. The molecule has 8 nitrogen and oxygen atoms in total. The normalized spacial score (nSPS) is 16.4. The topological polar surface area (TPSA) is 92.3 Å². The van der Waals surface area contributed by atoms with E-state index in [2.05, 4.69) is 4.99 Å². The van der Waals surface area contributed by atoms with Crippen LogP contribution in [0.5, 0.6) is 11.5 Å². The van der Waals surface area contributed by atoms with Crippen LogP contribution in [0.3, 0.4) is 0 Å². The highest BCUT2D eigenvalue weighted by atomic mass is 35.5. The molecule has 0 saturated heterocycles. The molecular formula is C28H21ClN2O6S. The van der Waals surface area contributed by atoms with Crippen molar-refractivity contribution in [1.29, 1.82) is 0 Å². The van der Waals surface area contributed by atoms with Gasteiger partial charge in [-0.2, -0.15) is 0 Å². The lowest BCUT2D eigenvalue weighted by molar-refractivity contribution is -0.139. The van der Waals surface area contributed by atoms with Gasteiger partial charge >= 0.3 is 5.97 Å². The van der Waals surface area contributed by atoms with Gasteiger partial charge in [0.2, 0.25) is 6.79 Å². The second kappa shape index (κ2) is 9.66. The van der Waals surface area contributed by atoms with E-state index in [-0.39, 0.29) is 19.0 Å². The summed E-state index contributed by atoms with van der Waals surface area (Å²) < 4.78 is 24.3. The Bertz CT molecular complexity index is 1800. The first-order valence-electron chi connectivity index (χ1n) is 11.9. The van der Waals surface area contributed by atoms with Crippen molar-refractivity contribution in [3.63, 3.8) is 0 Å². The third kappa shape index (κ3) is 4.23. The number of furan rings is 1. The molecule has 192 valence electrons. The summed E-state index contributed by atoms with van der Waals surface area (Å²) in [6.45, 7) is 3.79. The Morgan fingerprint density at radius 1 is 1.18 bits per heavy atom. The Labute approximate surface area is 225 Å². The summed E-state index contributed by atoms with van der Waals surface area (Å²) in [6.07, 6.45) is 1.68. The summed E-state index contributed by atoms with van der Waals surface area (Å²) >= 11 is 7.34. The van der Waals surface area contributed by atoms with Gasteiger partial charge < -0.3 is 18.6 Å². The average Bonchev–Trinajstić information content (AvgIpc) is 3.63. The standard InChI is InChI=1S/C28H21ClN2O6S/c1-3-34-27(33)24-15(2)30-28-31(25(24)17-7-9-21-22(12-17)36-14-35-21)26(32)23(38-28)13-19-8-10-20(37-19)16-5-4-6-18(29)11-16/h4-13,25H,3,14H2,1-2H3/t25-/m1/s1. The molecule has 0 bridgehead atoms. The number of esters is 1. The van der Waals surface area contributed by atoms with Gasteiger partial charge in [0, 0.05) is 16.7 Å². The fourth-order valence-electron chi connectivity index (χ4n) is 4.55. The molecule has 2 aromatic heterocycles. The molecule has 0 spiro atoms. The lowest BCUT2D eigenvalue weighted by Crippen LogP contribution is -2.39. The van der Waals surface area contributed by atoms with Crippen LogP contribution in [0.2, 0.25) is 5.02 Å². The minimum absolute atomic E-state index is 0.113. The Morgan fingerprint density at radius 3 is 2.84 bits per heavy atom. The number of allylic oxidation sites excluding steroid dienone is 1. The largest absolute Gasteiger partial charge is 0.463 e. The third-order valence-electron chi connectivity index (χ3n) is 6.24. The van der Waals surface area contributed by atoms with E-state index < -0.39 is 12.0 Å². The molecule has 0 N–H and O–H groups in total. The van der Waals surface area contributed by atoms with Crippen molar-refractivity contribution in [2.75, 3.05) is 13.4 Å². The molecule has 2 aromatic carbocycles. The van der Waals surface area contributed by atoms with E-state index in [1.807, 2.05) is 30.3 Å². The quantitative estimate of drug-likeness (QED) is 0.342. The Hall–Kier alpha value is -4.08. The zero-order valence-corrected chi connectivity index (χ0v) is 22.0. The van der Waals surface area contributed by atoms with Gasteiger partial charge in [0.1, 0.15) is 11.5 Å². The van der Waals surface area contributed by atoms with Gasteiger partial charge in [-0.25, -0.2) is 9.79 Å². The van der Waals surface area contributed by atoms with Gasteiger partial charge in [0.25, 0.3) is 5.56 Å². The number of rotatable bonds is 5. The number of nitrogens with zero attached hydrogens (tertiary/aromatic N) is 2. The van der Waals surface area contributed by atoms with Gasteiger partial charge in [-0.15, -0.1) is 0 Å². The first-order chi connectivity index (χ1) is 18.4. The number of carbonyl (C=O) groups is 1. The SMILES string of the molecule is CCOC(=O)C1=C(C)N=c2sc(=Cc3ccc(-c4cccc(Cl)c4)o3)c(=O)n2[C@@H]1c1ccc2c(c1)OCO2. The molecule has 4 heterocycles. The third-order valence-corrected chi connectivity index (χ3v) is 7.46. The monoisotopic (exact) mass is 548 g/mol. The summed E-state index contributed by atoms with van der Waals surface area (Å²) in [5, 5.41) is 0.602. The zero-order valence-electron chi connectivity index (χ0n) is 20.4. The van der Waals surface area contributed by atoms with E-state index in [0.717, 1.165) is 5.56 Å². The maximum atomic E-state index is 13.8. The highest BCUT2D eigenvalue weighted by Crippen LogP contribution is 2.38. The van der Waals surface area contributed by atoms with Crippen LogP contribution in [0.15, 0.2) is 80.1 Å². The van der Waals surface area contributed by atoms with Gasteiger partial charge in [0.05, 0.1) is 28.5 Å². The summed E-state index contributed by atoms with van der Waals surface area (Å²) in [7, 11) is 0. The number of hydrogen-bond donors (Lipinski definition) is 0. The molecule has 0 amide bonds. The van der Waals surface area contributed by atoms with Crippen LogP contribution in [-0.4, -0.2) is 23.9 Å². The molecule has 0 saturated carbocycles. The molecule has 4 aromatic rings.